The number of aliphatic hydroxyl groups is 1. The Bertz CT molecular complexity index is 453. The number of urea groups is 1. The number of nitrogens with one attached hydrogen (secondary N) is 2. The minimum Gasteiger partial charge on any atom is -0.396 e. The molecule has 1 fully saturated rings. The van der Waals surface area contributed by atoms with Crippen LogP contribution in [0.4, 0.5) is 4.79 Å². The Labute approximate surface area is 120 Å². The van der Waals surface area contributed by atoms with Crippen molar-refractivity contribution in [2.24, 2.45) is 5.41 Å². The fraction of sp³-hybridized carbons (Fsp3) is 0.562. The summed E-state index contributed by atoms with van der Waals surface area (Å²) in [6.07, 6.45) is 2.00. The van der Waals surface area contributed by atoms with Gasteiger partial charge in [0.2, 0.25) is 0 Å². The fourth-order valence-electron chi connectivity index (χ4n) is 2.19. The topological polar surface area (TPSA) is 61.4 Å². The molecule has 1 saturated carbocycles. The van der Waals surface area contributed by atoms with E-state index >= 15 is 0 Å². The molecule has 1 aliphatic rings. The Morgan fingerprint density at radius 3 is 2.45 bits per heavy atom. The van der Waals surface area contributed by atoms with Gasteiger partial charge in [-0.15, -0.1) is 0 Å². The third kappa shape index (κ3) is 3.73. The van der Waals surface area contributed by atoms with E-state index in [2.05, 4.69) is 36.6 Å². The first-order valence-electron chi connectivity index (χ1n) is 7.16. The van der Waals surface area contributed by atoms with Gasteiger partial charge >= 0.3 is 6.03 Å². The summed E-state index contributed by atoms with van der Waals surface area (Å²) in [6, 6.07) is 10.00. The molecule has 4 nitrogen and oxygen atoms in total. The van der Waals surface area contributed by atoms with Crippen molar-refractivity contribution in [3.63, 3.8) is 0 Å². The van der Waals surface area contributed by atoms with Crippen molar-refractivity contribution in [2.75, 3.05) is 19.7 Å². The number of amides is 2. The molecule has 0 saturated heterocycles. The van der Waals surface area contributed by atoms with Gasteiger partial charge in [0, 0.05) is 23.9 Å². The van der Waals surface area contributed by atoms with E-state index in [1.165, 1.54) is 5.56 Å². The highest BCUT2D eigenvalue weighted by Crippen LogP contribution is 2.44. The van der Waals surface area contributed by atoms with Crippen molar-refractivity contribution < 1.29 is 9.90 Å². The van der Waals surface area contributed by atoms with E-state index in [0.717, 1.165) is 12.8 Å². The van der Waals surface area contributed by atoms with Crippen LogP contribution in [0.1, 0.15) is 32.3 Å². The molecule has 4 heteroatoms. The Morgan fingerprint density at radius 1 is 1.25 bits per heavy atom. The van der Waals surface area contributed by atoms with Gasteiger partial charge in [0.1, 0.15) is 0 Å². The molecule has 0 atom stereocenters. The van der Waals surface area contributed by atoms with Crippen molar-refractivity contribution >= 4 is 6.03 Å². The van der Waals surface area contributed by atoms with E-state index in [4.69, 9.17) is 0 Å². The summed E-state index contributed by atoms with van der Waals surface area (Å²) in [5, 5.41) is 15.0. The zero-order valence-corrected chi connectivity index (χ0v) is 12.3. The molecule has 0 spiro atoms. The number of rotatable bonds is 6. The van der Waals surface area contributed by atoms with Crippen molar-refractivity contribution in [3.05, 3.63) is 35.9 Å². The van der Waals surface area contributed by atoms with Gasteiger partial charge < -0.3 is 15.7 Å². The highest BCUT2D eigenvalue weighted by atomic mass is 16.3. The van der Waals surface area contributed by atoms with Crippen molar-refractivity contribution in [1.82, 2.24) is 10.6 Å². The third-order valence-corrected chi connectivity index (χ3v) is 4.16. The SMILES string of the molecule is CC(C)(CNC(=O)NCC1(CO)CC1)c1ccccc1. The molecule has 110 valence electrons. The highest BCUT2D eigenvalue weighted by molar-refractivity contribution is 5.74. The molecule has 2 rings (SSSR count). The maximum absolute atomic E-state index is 11.8. The van der Waals surface area contributed by atoms with Crippen molar-refractivity contribution in [1.29, 1.82) is 0 Å². The standard InChI is InChI=1S/C16H24N2O2/c1-15(2,13-6-4-3-5-7-13)10-17-14(20)18-11-16(12-19)8-9-16/h3-7,19H,8-12H2,1-2H3,(H2,17,18,20). The van der Waals surface area contributed by atoms with Crippen LogP contribution in [-0.2, 0) is 5.41 Å². The summed E-state index contributed by atoms with van der Waals surface area (Å²) in [5.74, 6) is 0. The summed E-state index contributed by atoms with van der Waals surface area (Å²) >= 11 is 0. The van der Waals surface area contributed by atoms with Crippen LogP contribution in [-0.4, -0.2) is 30.8 Å². The predicted molar refractivity (Wildman–Crippen MR) is 79.6 cm³/mol. The van der Waals surface area contributed by atoms with E-state index < -0.39 is 0 Å². The van der Waals surface area contributed by atoms with Crippen LogP contribution < -0.4 is 10.6 Å². The normalized spacial score (nSPS) is 16.6. The van der Waals surface area contributed by atoms with Gasteiger partial charge in [-0.1, -0.05) is 44.2 Å². The molecule has 0 bridgehead atoms. The molecule has 0 aromatic heterocycles. The zero-order chi connectivity index (χ0) is 14.6. The Balaban J connectivity index is 1.78. The summed E-state index contributed by atoms with van der Waals surface area (Å²) < 4.78 is 0. The Hall–Kier alpha value is -1.55. The maximum Gasteiger partial charge on any atom is 0.314 e. The summed E-state index contributed by atoms with van der Waals surface area (Å²) in [6.45, 7) is 5.51. The smallest absolute Gasteiger partial charge is 0.314 e. The van der Waals surface area contributed by atoms with Gasteiger partial charge in [-0.2, -0.15) is 0 Å². The molecule has 0 heterocycles. The second-order valence-electron chi connectivity index (χ2n) is 6.44. The largest absolute Gasteiger partial charge is 0.396 e. The Kier molecular flexibility index (Phi) is 4.33. The lowest BCUT2D eigenvalue weighted by Gasteiger charge is -2.26. The molecule has 0 aliphatic heterocycles. The van der Waals surface area contributed by atoms with Gasteiger partial charge in [0.05, 0.1) is 6.61 Å². The molecule has 1 aliphatic carbocycles. The molecular formula is C16H24N2O2. The first-order chi connectivity index (χ1) is 9.47. The lowest BCUT2D eigenvalue weighted by Crippen LogP contribution is -2.44. The lowest BCUT2D eigenvalue weighted by molar-refractivity contribution is 0.202. The summed E-state index contributed by atoms with van der Waals surface area (Å²) in [5.41, 5.74) is 1.05. The summed E-state index contributed by atoms with van der Waals surface area (Å²) in [7, 11) is 0. The molecule has 1 aromatic rings. The molecule has 3 N–H and O–H groups in total. The van der Waals surface area contributed by atoms with Gasteiger partial charge in [-0.05, 0) is 18.4 Å². The average Bonchev–Trinajstić information content (AvgIpc) is 3.25. The van der Waals surface area contributed by atoms with Crippen LogP contribution in [0.3, 0.4) is 0 Å². The van der Waals surface area contributed by atoms with Gasteiger partial charge in [-0.25, -0.2) is 4.79 Å². The van der Waals surface area contributed by atoms with Gasteiger partial charge in [0.15, 0.2) is 0 Å². The molecule has 20 heavy (non-hydrogen) atoms. The van der Waals surface area contributed by atoms with Crippen molar-refractivity contribution in [2.45, 2.75) is 32.1 Å². The van der Waals surface area contributed by atoms with E-state index in [0.29, 0.717) is 13.1 Å². The van der Waals surface area contributed by atoms with E-state index in [1.807, 2.05) is 18.2 Å². The average molecular weight is 276 g/mol. The van der Waals surface area contributed by atoms with Crippen LogP contribution in [0.15, 0.2) is 30.3 Å². The monoisotopic (exact) mass is 276 g/mol. The first-order valence-corrected chi connectivity index (χ1v) is 7.16. The fourth-order valence-corrected chi connectivity index (χ4v) is 2.19. The zero-order valence-electron chi connectivity index (χ0n) is 12.3. The second-order valence-corrected chi connectivity index (χ2v) is 6.44. The molecule has 0 radical (unpaired) electrons. The maximum atomic E-state index is 11.8. The molecule has 2 amide bonds. The first kappa shape index (κ1) is 14.9. The number of carbonyl (C=O) groups is 1. The summed E-state index contributed by atoms with van der Waals surface area (Å²) in [4.78, 5) is 11.8. The predicted octanol–water partition coefficient (Wildman–Crippen LogP) is 2.04. The number of carbonyl (C=O) groups excluding carboxylic acids is 1. The van der Waals surface area contributed by atoms with Gasteiger partial charge in [0.25, 0.3) is 0 Å². The lowest BCUT2D eigenvalue weighted by atomic mass is 9.85. The molecule has 0 unspecified atom stereocenters. The molecular weight excluding hydrogens is 252 g/mol. The van der Waals surface area contributed by atoms with Crippen molar-refractivity contribution in [3.8, 4) is 0 Å². The third-order valence-electron chi connectivity index (χ3n) is 4.16. The number of aliphatic hydroxyl groups excluding tert-OH is 1. The minimum atomic E-state index is -0.159. The van der Waals surface area contributed by atoms with E-state index in [1.54, 1.807) is 0 Å². The van der Waals surface area contributed by atoms with Crippen LogP contribution in [0.25, 0.3) is 0 Å². The van der Waals surface area contributed by atoms with Gasteiger partial charge in [-0.3, -0.25) is 0 Å². The van der Waals surface area contributed by atoms with Crippen LogP contribution in [0.2, 0.25) is 0 Å². The van der Waals surface area contributed by atoms with Crippen LogP contribution in [0, 0.1) is 5.41 Å². The van der Waals surface area contributed by atoms with Crippen LogP contribution >= 0.6 is 0 Å². The van der Waals surface area contributed by atoms with Crippen LogP contribution in [0.5, 0.6) is 0 Å². The van der Waals surface area contributed by atoms with E-state index in [9.17, 15) is 9.90 Å². The number of hydrogen-bond donors (Lipinski definition) is 3. The quantitative estimate of drug-likeness (QED) is 0.744. The Morgan fingerprint density at radius 2 is 1.90 bits per heavy atom. The molecule has 1 aromatic carbocycles. The number of benzene rings is 1. The minimum absolute atomic E-state index is 0.0493. The second kappa shape index (κ2) is 5.83. The highest BCUT2D eigenvalue weighted by Gasteiger charge is 2.42. The van der Waals surface area contributed by atoms with E-state index in [-0.39, 0.29) is 23.5 Å². The number of hydrogen-bond acceptors (Lipinski definition) is 2.